The monoisotopic (exact) mass is 1030 g/mol. The van der Waals surface area contributed by atoms with Gasteiger partial charge in [0.1, 0.15) is 19.8 Å². The molecular weight excluding hydrogens is 930 g/mol. The van der Waals surface area contributed by atoms with E-state index in [0.717, 1.165) is 116 Å². The molecule has 0 bridgehead atoms. The molecule has 0 aromatic heterocycles. The summed E-state index contributed by atoms with van der Waals surface area (Å²) in [5.74, 6) is -0.915. The van der Waals surface area contributed by atoms with Gasteiger partial charge in [-0.15, -0.1) is 0 Å². The molecule has 0 aromatic rings. The van der Waals surface area contributed by atoms with E-state index in [0.29, 0.717) is 23.9 Å². The highest BCUT2D eigenvalue weighted by atomic mass is 31.2. The van der Waals surface area contributed by atoms with Crippen LogP contribution in [-0.4, -0.2) is 70.0 Å². The Bertz CT molecular complexity index is 1740. The van der Waals surface area contributed by atoms with Gasteiger partial charge < -0.3 is 27.9 Å². The molecule has 0 saturated carbocycles. The Morgan fingerprint density at radius 2 is 0.781 bits per heavy atom. The van der Waals surface area contributed by atoms with E-state index in [9.17, 15) is 19.0 Å². The van der Waals surface area contributed by atoms with Gasteiger partial charge in [0.05, 0.1) is 27.7 Å². The highest BCUT2D eigenvalue weighted by Crippen LogP contribution is 2.38. The van der Waals surface area contributed by atoms with Crippen molar-refractivity contribution in [1.82, 2.24) is 0 Å². The van der Waals surface area contributed by atoms with E-state index in [1.165, 1.54) is 32.1 Å². The van der Waals surface area contributed by atoms with Crippen molar-refractivity contribution < 1.29 is 42.1 Å². The number of allylic oxidation sites excluding steroid dienone is 24. The molecule has 9 nitrogen and oxygen atoms in total. The zero-order valence-corrected chi connectivity index (χ0v) is 47.4. The van der Waals surface area contributed by atoms with Crippen LogP contribution in [0.1, 0.15) is 187 Å². The van der Waals surface area contributed by atoms with Crippen LogP contribution < -0.4 is 4.89 Å². The molecule has 0 aromatic carbocycles. The van der Waals surface area contributed by atoms with Crippen LogP contribution in [0.2, 0.25) is 0 Å². The molecule has 0 radical (unpaired) electrons. The standard InChI is InChI=1S/C63H102NO8P/c1-6-8-10-12-14-16-18-20-22-24-25-26-27-28-29-30-31-32-33-34-35-36-37-38-39-40-42-44-46-48-50-52-54-56-63(66)72-61(60-71-73(67,68)70-58-57-64(3,4)5)59-69-62(65)55-53-51-49-47-45-43-41-23-21-19-17-15-13-11-9-7-2/h8,10,14,16-17,19-20,22-23,25-26,28-29,31-32,34-35,37-38,40-42,46,48,61H,6-7,9,11-13,15,18,21,24,27,30,33,36,39,43-45,47,49-60H2,1-5H3/b10-8-,16-14-,19-17-,22-20-,26-25-,29-28-,32-31-,35-34-,38-37-,41-23-,42-40-,48-46-. The van der Waals surface area contributed by atoms with Crippen LogP contribution in [0.4, 0.5) is 0 Å². The van der Waals surface area contributed by atoms with Gasteiger partial charge in [-0.2, -0.15) is 0 Å². The number of carbonyl (C=O) groups excluding carboxylic acids is 2. The zero-order chi connectivity index (χ0) is 53.5. The van der Waals surface area contributed by atoms with Crippen LogP contribution in [0.15, 0.2) is 146 Å². The van der Waals surface area contributed by atoms with Crippen molar-refractivity contribution >= 4 is 19.8 Å². The molecule has 2 unspecified atom stereocenters. The second-order valence-corrected chi connectivity index (χ2v) is 20.6. The summed E-state index contributed by atoms with van der Waals surface area (Å²) >= 11 is 0. The van der Waals surface area contributed by atoms with E-state index >= 15 is 0 Å². The number of hydrogen-bond acceptors (Lipinski definition) is 8. The third kappa shape index (κ3) is 57.0. The average molecular weight is 1030 g/mol. The molecule has 0 fully saturated rings. The number of nitrogens with zero attached hydrogens (tertiary/aromatic N) is 1. The number of rotatable bonds is 49. The molecule has 0 N–H and O–H groups in total. The van der Waals surface area contributed by atoms with Gasteiger partial charge in [-0.3, -0.25) is 14.2 Å². The van der Waals surface area contributed by atoms with Crippen LogP contribution in [0, 0.1) is 0 Å². The summed E-state index contributed by atoms with van der Waals surface area (Å²) in [5.41, 5.74) is 0. The lowest BCUT2D eigenvalue weighted by atomic mass is 10.1. The maximum absolute atomic E-state index is 12.8. The summed E-state index contributed by atoms with van der Waals surface area (Å²) in [6.45, 7) is 4.01. The lowest BCUT2D eigenvalue weighted by Gasteiger charge is -2.28. The Labute approximate surface area is 446 Å². The van der Waals surface area contributed by atoms with E-state index < -0.39 is 32.5 Å². The topological polar surface area (TPSA) is 111 Å². The molecule has 10 heteroatoms. The second kappa shape index (κ2) is 52.7. The van der Waals surface area contributed by atoms with Crippen LogP contribution >= 0.6 is 7.82 Å². The first-order valence-corrected chi connectivity index (χ1v) is 29.5. The van der Waals surface area contributed by atoms with Crippen LogP contribution in [-0.2, 0) is 32.7 Å². The number of quaternary nitrogens is 1. The third-order valence-electron chi connectivity index (χ3n) is 11.1. The lowest BCUT2D eigenvalue weighted by Crippen LogP contribution is -2.37. The first-order chi connectivity index (χ1) is 35.5. The number of ether oxygens (including phenoxy) is 2. The minimum Gasteiger partial charge on any atom is -0.756 e. The van der Waals surface area contributed by atoms with Gasteiger partial charge in [-0.05, 0) is 122 Å². The fraction of sp³-hybridized carbons (Fsp3) is 0.587. The summed E-state index contributed by atoms with van der Waals surface area (Å²) in [6, 6.07) is 0. The summed E-state index contributed by atoms with van der Waals surface area (Å²) in [4.78, 5) is 37.8. The number of phosphoric ester groups is 1. The van der Waals surface area contributed by atoms with Gasteiger partial charge in [-0.1, -0.05) is 198 Å². The molecule has 0 aliphatic carbocycles. The van der Waals surface area contributed by atoms with Crippen molar-refractivity contribution in [3.63, 3.8) is 0 Å². The number of likely N-dealkylation sites (N-methyl/N-ethyl adjacent to an activating group) is 1. The third-order valence-corrected chi connectivity index (χ3v) is 12.1. The first kappa shape index (κ1) is 68.9. The van der Waals surface area contributed by atoms with Gasteiger partial charge in [0.2, 0.25) is 0 Å². The summed E-state index contributed by atoms with van der Waals surface area (Å²) in [6.07, 6.45) is 77.5. The predicted molar refractivity (Wildman–Crippen MR) is 309 cm³/mol. The number of phosphoric acid groups is 1. The highest BCUT2D eigenvalue weighted by molar-refractivity contribution is 7.45. The number of carbonyl (C=O) groups is 2. The van der Waals surface area contributed by atoms with Gasteiger partial charge in [0.25, 0.3) is 7.82 Å². The molecule has 73 heavy (non-hydrogen) atoms. The van der Waals surface area contributed by atoms with Crippen molar-refractivity contribution in [3.05, 3.63) is 146 Å². The maximum Gasteiger partial charge on any atom is 0.306 e. The molecule has 0 rings (SSSR count). The van der Waals surface area contributed by atoms with Crippen molar-refractivity contribution in [2.24, 2.45) is 0 Å². The molecule has 0 aliphatic heterocycles. The summed E-state index contributed by atoms with van der Waals surface area (Å²) < 4.78 is 34.0. The van der Waals surface area contributed by atoms with Crippen LogP contribution in [0.25, 0.3) is 0 Å². The summed E-state index contributed by atoms with van der Waals surface area (Å²) in [5, 5.41) is 0. The SMILES string of the molecule is CC/C=C\C/C=C\C/C=C\C/C=C\C/C=C\C/C=C\C/C=C\C/C=C\C/C=C\C/C=C\CCCCC(=O)OC(COC(=O)CCCCCCC/C=C\C/C=C\CCCCCC)COP(=O)([O-])OCC[N+](C)(C)C. The quantitative estimate of drug-likeness (QED) is 0.0195. The van der Waals surface area contributed by atoms with E-state index in [-0.39, 0.29) is 26.1 Å². The highest BCUT2D eigenvalue weighted by Gasteiger charge is 2.21. The van der Waals surface area contributed by atoms with E-state index in [2.05, 4.69) is 160 Å². The largest absolute Gasteiger partial charge is 0.756 e. The fourth-order valence-corrected chi connectivity index (χ4v) is 7.50. The molecular formula is C63H102NO8P. The molecule has 0 heterocycles. The van der Waals surface area contributed by atoms with E-state index in [1.54, 1.807) is 0 Å². The maximum atomic E-state index is 12.8. The minimum absolute atomic E-state index is 0.0505. The van der Waals surface area contributed by atoms with Crippen molar-refractivity contribution in [3.8, 4) is 0 Å². The normalized spacial score (nSPS) is 14.4. The Morgan fingerprint density at radius 3 is 1.19 bits per heavy atom. The molecule has 0 saturated heterocycles. The fourth-order valence-electron chi connectivity index (χ4n) is 6.77. The zero-order valence-electron chi connectivity index (χ0n) is 46.5. The van der Waals surface area contributed by atoms with E-state index in [1.807, 2.05) is 21.1 Å². The Balaban J connectivity index is 4.33. The molecule has 2 atom stereocenters. The summed E-state index contributed by atoms with van der Waals surface area (Å²) in [7, 11) is 1.10. The minimum atomic E-state index is -4.66. The number of esters is 2. The number of unbranched alkanes of at least 4 members (excludes halogenated alkanes) is 11. The van der Waals surface area contributed by atoms with Crippen LogP contribution in [0.3, 0.4) is 0 Å². The Kier molecular flexibility index (Phi) is 49.8. The van der Waals surface area contributed by atoms with Gasteiger partial charge >= 0.3 is 11.9 Å². The van der Waals surface area contributed by atoms with Crippen molar-refractivity contribution in [2.75, 3.05) is 47.5 Å². The second-order valence-electron chi connectivity index (χ2n) is 19.2. The smallest absolute Gasteiger partial charge is 0.306 e. The molecule has 0 spiro atoms. The lowest BCUT2D eigenvalue weighted by molar-refractivity contribution is -0.870. The van der Waals surface area contributed by atoms with Gasteiger partial charge in [0, 0.05) is 12.8 Å². The van der Waals surface area contributed by atoms with Crippen molar-refractivity contribution in [2.45, 2.75) is 193 Å². The van der Waals surface area contributed by atoms with Gasteiger partial charge in [-0.25, -0.2) is 0 Å². The molecule has 0 aliphatic rings. The predicted octanol–water partition coefficient (Wildman–Crippen LogP) is 16.9. The Morgan fingerprint density at radius 1 is 0.438 bits per heavy atom. The number of hydrogen-bond donors (Lipinski definition) is 0. The Hall–Kier alpha value is -4.11. The van der Waals surface area contributed by atoms with Gasteiger partial charge in [0.15, 0.2) is 6.10 Å². The van der Waals surface area contributed by atoms with Crippen molar-refractivity contribution in [1.29, 1.82) is 0 Å². The van der Waals surface area contributed by atoms with E-state index in [4.69, 9.17) is 18.5 Å². The molecule has 412 valence electrons. The first-order valence-electron chi connectivity index (χ1n) is 28.0. The average Bonchev–Trinajstić information content (AvgIpc) is 3.35. The molecule has 0 amide bonds. The van der Waals surface area contributed by atoms with Crippen LogP contribution in [0.5, 0.6) is 0 Å².